The first kappa shape index (κ1) is 22.5. The number of piperidine rings is 1. The van der Waals surface area contributed by atoms with Crippen LogP contribution in [-0.4, -0.2) is 44.1 Å². The molecule has 0 aromatic heterocycles. The first-order valence-electron chi connectivity index (χ1n) is 9.98. The summed E-state index contributed by atoms with van der Waals surface area (Å²) in [5.74, 6) is -3.75. The van der Waals surface area contributed by atoms with Crippen molar-refractivity contribution in [3.8, 4) is 11.5 Å². The van der Waals surface area contributed by atoms with Crippen LogP contribution in [0.1, 0.15) is 30.4 Å². The first-order chi connectivity index (χ1) is 14.9. The molecule has 166 valence electrons. The molecule has 0 saturated carbocycles. The van der Waals surface area contributed by atoms with Gasteiger partial charge in [-0.25, -0.2) is 8.78 Å². The Balaban J connectivity index is 1.90. The zero-order valence-corrected chi connectivity index (χ0v) is 17.7. The fourth-order valence-corrected chi connectivity index (χ4v) is 3.85. The van der Waals surface area contributed by atoms with Crippen LogP contribution in [0.15, 0.2) is 36.4 Å². The van der Waals surface area contributed by atoms with Crippen LogP contribution in [0.5, 0.6) is 11.5 Å². The molecule has 0 radical (unpaired) electrons. The van der Waals surface area contributed by atoms with Crippen molar-refractivity contribution in [2.45, 2.75) is 25.8 Å². The van der Waals surface area contributed by atoms with Gasteiger partial charge in [-0.1, -0.05) is 12.1 Å². The molecule has 3 rings (SSSR count). The van der Waals surface area contributed by atoms with Crippen LogP contribution in [0.25, 0.3) is 0 Å². The second kappa shape index (κ2) is 9.76. The van der Waals surface area contributed by atoms with Crippen LogP contribution in [0.3, 0.4) is 0 Å². The average molecular weight is 433 g/mol. The van der Waals surface area contributed by atoms with E-state index in [-0.39, 0.29) is 43.3 Å². The predicted octanol–water partition coefficient (Wildman–Crippen LogP) is 3.68. The van der Waals surface area contributed by atoms with Gasteiger partial charge in [0.15, 0.2) is 0 Å². The lowest BCUT2D eigenvalue weighted by atomic mass is 9.79. The monoisotopic (exact) mass is 433 g/mol. The number of methoxy groups -OCH3 is 2. The van der Waals surface area contributed by atoms with Crippen molar-refractivity contribution in [3.63, 3.8) is 0 Å². The minimum atomic E-state index is -0.968. The minimum Gasteiger partial charge on any atom is -0.497 e. The summed E-state index contributed by atoms with van der Waals surface area (Å²) in [5.41, 5.74) is 0.549. The van der Waals surface area contributed by atoms with Gasteiger partial charge in [0.25, 0.3) is 0 Å². The molecule has 1 fully saturated rings. The highest BCUT2D eigenvalue weighted by Gasteiger charge is 2.42. The number of hydrogen-bond acceptors (Lipinski definition) is 5. The molecule has 1 saturated heterocycles. The molecule has 1 aliphatic heterocycles. The summed E-state index contributed by atoms with van der Waals surface area (Å²) in [6, 6.07) is 9.29. The highest BCUT2D eigenvalue weighted by molar-refractivity contribution is 5.83. The summed E-state index contributed by atoms with van der Waals surface area (Å²) in [7, 11) is 2.86. The zero-order chi connectivity index (χ0) is 22.5. The lowest BCUT2D eigenvalue weighted by molar-refractivity contribution is -0.154. The van der Waals surface area contributed by atoms with E-state index in [1.165, 1.54) is 12.0 Å². The number of nitrogens with zero attached hydrogens (tertiary/aromatic N) is 1. The molecule has 1 heterocycles. The zero-order valence-electron chi connectivity index (χ0n) is 17.7. The van der Waals surface area contributed by atoms with Gasteiger partial charge in [-0.05, 0) is 24.6 Å². The number of likely N-dealkylation sites (tertiary alicyclic amines) is 1. The number of carbonyl (C=O) groups excluding carboxylic acids is 2. The molecule has 2 atom stereocenters. The molecule has 0 aliphatic carbocycles. The van der Waals surface area contributed by atoms with Gasteiger partial charge in [0, 0.05) is 43.1 Å². The maximum atomic E-state index is 14.7. The lowest BCUT2D eigenvalue weighted by Gasteiger charge is -2.37. The summed E-state index contributed by atoms with van der Waals surface area (Å²) in [6.45, 7) is 2.05. The SMILES string of the molecule is CCOC(=O)[C@@H]1CN(Cc2ccc(OC)cc2)C(=O)C[C@H]1c1c(F)cc(OC)cc1F. The lowest BCUT2D eigenvalue weighted by Crippen LogP contribution is -2.46. The van der Waals surface area contributed by atoms with Crippen molar-refractivity contribution in [2.24, 2.45) is 5.92 Å². The third-order valence-electron chi connectivity index (χ3n) is 5.43. The van der Waals surface area contributed by atoms with E-state index in [0.29, 0.717) is 5.75 Å². The summed E-state index contributed by atoms with van der Waals surface area (Å²) < 4.78 is 44.7. The highest BCUT2D eigenvalue weighted by Crippen LogP contribution is 2.39. The Kier molecular flexibility index (Phi) is 7.09. The van der Waals surface area contributed by atoms with Crippen LogP contribution in [-0.2, 0) is 20.9 Å². The number of hydrogen-bond donors (Lipinski definition) is 0. The van der Waals surface area contributed by atoms with Crippen LogP contribution in [0.4, 0.5) is 8.78 Å². The van der Waals surface area contributed by atoms with Gasteiger partial charge in [0.2, 0.25) is 5.91 Å². The number of benzene rings is 2. The van der Waals surface area contributed by atoms with Crippen LogP contribution < -0.4 is 9.47 Å². The molecule has 2 aromatic carbocycles. The van der Waals surface area contributed by atoms with Gasteiger partial charge in [-0.2, -0.15) is 0 Å². The molecule has 0 bridgehead atoms. The second-order valence-corrected chi connectivity index (χ2v) is 7.30. The van der Waals surface area contributed by atoms with E-state index in [1.807, 2.05) is 12.1 Å². The summed E-state index contributed by atoms with van der Waals surface area (Å²) in [4.78, 5) is 27.0. The van der Waals surface area contributed by atoms with E-state index in [4.69, 9.17) is 14.2 Å². The maximum Gasteiger partial charge on any atom is 0.311 e. The van der Waals surface area contributed by atoms with Crippen molar-refractivity contribution < 1.29 is 32.6 Å². The number of rotatable bonds is 7. The molecular formula is C23H25F2NO5. The molecule has 6 nitrogen and oxygen atoms in total. The Morgan fingerprint density at radius 3 is 2.23 bits per heavy atom. The van der Waals surface area contributed by atoms with Gasteiger partial charge in [0.05, 0.1) is 26.7 Å². The molecule has 0 N–H and O–H groups in total. The second-order valence-electron chi connectivity index (χ2n) is 7.30. The fraction of sp³-hybridized carbons (Fsp3) is 0.391. The Labute approximate surface area is 179 Å². The molecule has 8 heteroatoms. The number of amides is 1. The average Bonchev–Trinajstić information content (AvgIpc) is 2.75. The Hall–Kier alpha value is -3.16. The fourth-order valence-electron chi connectivity index (χ4n) is 3.85. The molecule has 0 spiro atoms. The smallest absolute Gasteiger partial charge is 0.311 e. The standard InChI is InChI=1S/C23H25F2NO5/c1-4-31-23(28)18-13-26(12-14-5-7-15(29-2)8-6-14)21(27)11-17(18)22-19(24)9-16(30-3)10-20(22)25/h5-10,17-18H,4,11-13H2,1-3H3/t17-,18-/m1/s1. The van der Waals surface area contributed by atoms with E-state index >= 15 is 0 Å². The molecule has 2 aromatic rings. The van der Waals surface area contributed by atoms with Crippen LogP contribution in [0, 0.1) is 17.6 Å². The van der Waals surface area contributed by atoms with E-state index in [1.54, 1.807) is 26.2 Å². The Bertz CT molecular complexity index is 924. The summed E-state index contributed by atoms with van der Waals surface area (Å²) in [5, 5.41) is 0. The predicted molar refractivity (Wildman–Crippen MR) is 109 cm³/mol. The number of carbonyl (C=O) groups is 2. The number of halogens is 2. The maximum absolute atomic E-state index is 14.7. The third kappa shape index (κ3) is 4.95. The van der Waals surface area contributed by atoms with E-state index < -0.39 is 29.4 Å². The summed E-state index contributed by atoms with van der Waals surface area (Å²) in [6.07, 6.45) is -0.209. The summed E-state index contributed by atoms with van der Waals surface area (Å²) >= 11 is 0. The van der Waals surface area contributed by atoms with Gasteiger partial charge in [-0.15, -0.1) is 0 Å². The molecule has 0 unspecified atom stereocenters. The molecule has 1 aliphatic rings. The minimum absolute atomic E-state index is 0.000722. The first-order valence-corrected chi connectivity index (χ1v) is 9.98. The van der Waals surface area contributed by atoms with E-state index in [0.717, 1.165) is 17.7 Å². The molecule has 1 amide bonds. The van der Waals surface area contributed by atoms with Crippen molar-refractivity contribution >= 4 is 11.9 Å². The number of ether oxygens (including phenoxy) is 3. The Morgan fingerprint density at radius 2 is 1.68 bits per heavy atom. The van der Waals surface area contributed by atoms with Crippen molar-refractivity contribution in [1.29, 1.82) is 0 Å². The van der Waals surface area contributed by atoms with Gasteiger partial charge < -0.3 is 19.1 Å². The van der Waals surface area contributed by atoms with Gasteiger partial charge >= 0.3 is 5.97 Å². The molecule has 31 heavy (non-hydrogen) atoms. The number of esters is 1. The van der Waals surface area contributed by atoms with Crippen LogP contribution >= 0.6 is 0 Å². The Morgan fingerprint density at radius 1 is 1.06 bits per heavy atom. The topological polar surface area (TPSA) is 65.1 Å². The van der Waals surface area contributed by atoms with Crippen molar-refractivity contribution in [3.05, 3.63) is 59.2 Å². The normalized spacial score (nSPS) is 18.6. The largest absolute Gasteiger partial charge is 0.497 e. The third-order valence-corrected chi connectivity index (χ3v) is 5.43. The van der Waals surface area contributed by atoms with Crippen molar-refractivity contribution in [1.82, 2.24) is 4.90 Å². The quantitative estimate of drug-likeness (QED) is 0.624. The van der Waals surface area contributed by atoms with Crippen LogP contribution in [0.2, 0.25) is 0 Å². The van der Waals surface area contributed by atoms with Gasteiger partial charge in [0.1, 0.15) is 23.1 Å². The molecular weight excluding hydrogens is 408 g/mol. The highest BCUT2D eigenvalue weighted by atomic mass is 19.1. The van der Waals surface area contributed by atoms with E-state index in [2.05, 4.69) is 0 Å². The van der Waals surface area contributed by atoms with Crippen molar-refractivity contribution in [2.75, 3.05) is 27.4 Å². The van der Waals surface area contributed by atoms with E-state index in [9.17, 15) is 18.4 Å². The van der Waals surface area contributed by atoms with Gasteiger partial charge in [-0.3, -0.25) is 9.59 Å².